The van der Waals surface area contributed by atoms with Gasteiger partial charge >= 0.3 is 0 Å². The van der Waals surface area contributed by atoms with Crippen molar-refractivity contribution in [3.05, 3.63) is 47.1 Å². The molecule has 1 aromatic carbocycles. The summed E-state index contributed by atoms with van der Waals surface area (Å²) in [7, 11) is 0. The summed E-state index contributed by atoms with van der Waals surface area (Å²) in [6.45, 7) is 2.59. The van der Waals surface area contributed by atoms with Gasteiger partial charge in [-0.1, -0.05) is 18.1 Å². The summed E-state index contributed by atoms with van der Waals surface area (Å²) < 4.78 is 31.5. The van der Waals surface area contributed by atoms with E-state index in [-0.39, 0.29) is 12.3 Å². The van der Waals surface area contributed by atoms with Gasteiger partial charge in [0.25, 0.3) is 0 Å². The summed E-state index contributed by atoms with van der Waals surface area (Å²) in [5, 5.41) is 3.83. The first-order chi connectivity index (χ1) is 9.60. The number of halogens is 2. The lowest BCUT2D eigenvalue weighted by atomic mass is 10.1. The van der Waals surface area contributed by atoms with Gasteiger partial charge in [0.05, 0.1) is 0 Å². The van der Waals surface area contributed by atoms with Crippen LogP contribution in [0.1, 0.15) is 43.0 Å². The van der Waals surface area contributed by atoms with Crippen molar-refractivity contribution >= 4 is 0 Å². The predicted molar refractivity (Wildman–Crippen MR) is 70.2 cm³/mol. The van der Waals surface area contributed by atoms with Gasteiger partial charge in [-0.3, -0.25) is 0 Å². The zero-order chi connectivity index (χ0) is 14.5. The van der Waals surface area contributed by atoms with E-state index in [0.29, 0.717) is 23.8 Å². The molecule has 0 aliphatic heterocycles. The van der Waals surface area contributed by atoms with Gasteiger partial charge in [0, 0.05) is 18.4 Å². The highest BCUT2D eigenvalue weighted by Crippen LogP contribution is 2.19. The molecule has 0 spiro atoms. The monoisotopic (exact) mass is 281 g/mol. The second-order valence-electron chi connectivity index (χ2n) is 4.79. The lowest BCUT2D eigenvalue weighted by molar-refractivity contribution is 0.348. The van der Waals surface area contributed by atoms with E-state index in [2.05, 4.69) is 10.1 Å². The summed E-state index contributed by atoms with van der Waals surface area (Å²) in [4.78, 5) is 4.24. The largest absolute Gasteiger partial charge is 0.339 e. The third-order valence-corrected chi connectivity index (χ3v) is 3.11. The van der Waals surface area contributed by atoms with Crippen molar-refractivity contribution in [3.8, 4) is 0 Å². The predicted octanol–water partition coefficient (Wildman–Crippen LogP) is 2.78. The van der Waals surface area contributed by atoms with Gasteiger partial charge in [0.15, 0.2) is 5.82 Å². The van der Waals surface area contributed by atoms with Gasteiger partial charge in [-0.2, -0.15) is 4.98 Å². The van der Waals surface area contributed by atoms with E-state index in [1.807, 2.05) is 6.92 Å². The van der Waals surface area contributed by atoms with Gasteiger partial charge in [-0.05, 0) is 31.0 Å². The first-order valence-corrected chi connectivity index (χ1v) is 6.56. The lowest BCUT2D eigenvalue weighted by Gasteiger charge is -2.03. The van der Waals surface area contributed by atoms with Crippen LogP contribution in [0.3, 0.4) is 0 Å². The molecule has 0 saturated carbocycles. The van der Waals surface area contributed by atoms with Crippen molar-refractivity contribution in [2.45, 2.75) is 32.1 Å². The molecule has 0 bridgehead atoms. The highest BCUT2D eigenvalue weighted by molar-refractivity contribution is 5.21. The number of benzene rings is 1. The molecule has 0 aliphatic rings. The molecule has 0 saturated heterocycles. The molecule has 1 atom stereocenters. The van der Waals surface area contributed by atoms with Crippen molar-refractivity contribution in [1.82, 2.24) is 10.1 Å². The molecule has 6 heteroatoms. The van der Waals surface area contributed by atoms with Crippen LogP contribution < -0.4 is 5.73 Å². The van der Waals surface area contributed by atoms with E-state index in [9.17, 15) is 8.78 Å². The second-order valence-corrected chi connectivity index (χ2v) is 4.79. The molecule has 1 unspecified atom stereocenters. The van der Waals surface area contributed by atoms with Crippen LogP contribution in [-0.2, 0) is 6.42 Å². The topological polar surface area (TPSA) is 64.9 Å². The Morgan fingerprint density at radius 1 is 1.35 bits per heavy atom. The Labute approximate surface area is 116 Å². The van der Waals surface area contributed by atoms with Gasteiger partial charge in [0.1, 0.15) is 11.6 Å². The number of nitrogens with zero attached hydrogens (tertiary/aromatic N) is 2. The normalized spacial score (nSPS) is 12.6. The summed E-state index contributed by atoms with van der Waals surface area (Å²) >= 11 is 0. The molecule has 0 aliphatic carbocycles. The molecular formula is C14H17F2N3O. The Kier molecular flexibility index (Phi) is 4.79. The lowest BCUT2D eigenvalue weighted by Crippen LogP contribution is -2.02. The van der Waals surface area contributed by atoms with Gasteiger partial charge < -0.3 is 10.3 Å². The van der Waals surface area contributed by atoms with Crippen molar-refractivity contribution in [1.29, 1.82) is 0 Å². The fraction of sp³-hybridized carbons (Fsp3) is 0.429. The molecule has 1 aromatic heterocycles. The average Bonchev–Trinajstić information content (AvgIpc) is 2.88. The Morgan fingerprint density at radius 2 is 2.15 bits per heavy atom. The Balaban J connectivity index is 2.05. The molecule has 2 rings (SSSR count). The molecule has 0 fully saturated rings. The summed E-state index contributed by atoms with van der Waals surface area (Å²) in [6.07, 6.45) is 1.92. The Morgan fingerprint density at radius 3 is 2.85 bits per heavy atom. The van der Waals surface area contributed by atoms with E-state index in [1.54, 1.807) is 0 Å². The highest BCUT2D eigenvalue weighted by atomic mass is 19.1. The van der Waals surface area contributed by atoms with Crippen molar-refractivity contribution in [2.75, 3.05) is 6.54 Å². The molecule has 108 valence electrons. The van der Waals surface area contributed by atoms with Gasteiger partial charge in [-0.15, -0.1) is 0 Å². The smallest absolute Gasteiger partial charge is 0.229 e. The number of hydrogen-bond donors (Lipinski definition) is 1. The summed E-state index contributed by atoms with van der Waals surface area (Å²) in [6, 6.07) is 3.45. The molecule has 2 N–H and O–H groups in total. The maximum absolute atomic E-state index is 13.5. The fourth-order valence-corrected chi connectivity index (χ4v) is 1.92. The molecule has 4 nitrogen and oxygen atoms in total. The standard InChI is InChI=1S/C14H17F2N3O/c1-9(3-2-6-17)14-18-13(19-20-14)7-10-4-5-11(15)8-12(10)16/h4-5,8-9H,2-3,6-7,17H2,1H3. The Hall–Kier alpha value is -1.82. The molecule has 2 aromatic rings. The first-order valence-electron chi connectivity index (χ1n) is 6.56. The first kappa shape index (κ1) is 14.6. The van der Waals surface area contributed by atoms with E-state index in [0.717, 1.165) is 18.9 Å². The fourth-order valence-electron chi connectivity index (χ4n) is 1.92. The number of nitrogens with two attached hydrogens (primary N) is 1. The highest BCUT2D eigenvalue weighted by Gasteiger charge is 2.15. The molecular weight excluding hydrogens is 264 g/mol. The van der Waals surface area contributed by atoms with Crippen LogP contribution in [0.5, 0.6) is 0 Å². The quantitative estimate of drug-likeness (QED) is 0.884. The summed E-state index contributed by atoms with van der Waals surface area (Å²) in [5.41, 5.74) is 5.79. The molecule has 1 heterocycles. The van der Waals surface area contributed by atoms with Crippen LogP contribution in [0.25, 0.3) is 0 Å². The number of aromatic nitrogens is 2. The molecule has 0 radical (unpaired) electrons. The zero-order valence-electron chi connectivity index (χ0n) is 11.3. The average molecular weight is 281 g/mol. The minimum absolute atomic E-state index is 0.123. The Bertz CT molecular complexity index is 571. The maximum Gasteiger partial charge on any atom is 0.229 e. The third kappa shape index (κ3) is 3.60. The van der Waals surface area contributed by atoms with Crippen LogP contribution in [-0.4, -0.2) is 16.7 Å². The SMILES string of the molecule is CC(CCCN)c1nc(Cc2ccc(F)cc2F)no1. The van der Waals surface area contributed by atoms with Gasteiger partial charge in [0.2, 0.25) is 5.89 Å². The summed E-state index contributed by atoms with van der Waals surface area (Å²) in [5.74, 6) is -0.165. The zero-order valence-corrected chi connectivity index (χ0v) is 11.3. The van der Waals surface area contributed by atoms with Crippen LogP contribution in [0.4, 0.5) is 8.78 Å². The van der Waals surface area contributed by atoms with Crippen LogP contribution in [0, 0.1) is 11.6 Å². The van der Waals surface area contributed by atoms with E-state index in [1.165, 1.54) is 12.1 Å². The van der Waals surface area contributed by atoms with Crippen molar-refractivity contribution in [2.24, 2.45) is 5.73 Å². The van der Waals surface area contributed by atoms with Crippen molar-refractivity contribution in [3.63, 3.8) is 0 Å². The molecule has 20 heavy (non-hydrogen) atoms. The van der Waals surface area contributed by atoms with E-state index >= 15 is 0 Å². The van der Waals surface area contributed by atoms with E-state index < -0.39 is 11.6 Å². The molecule has 0 amide bonds. The van der Waals surface area contributed by atoms with Crippen LogP contribution >= 0.6 is 0 Å². The van der Waals surface area contributed by atoms with Crippen LogP contribution in [0.2, 0.25) is 0 Å². The minimum Gasteiger partial charge on any atom is -0.339 e. The second kappa shape index (κ2) is 6.56. The minimum atomic E-state index is -0.604. The van der Waals surface area contributed by atoms with Gasteiger partial charge in [-0.25, -0.2) is 8.78 Å². The number of rotatable bonds is 6. The maximum atomic E-state index is 13.5. The van der Waals surface area contributed by atoms with Crippen molar-refractivity contribution < 1.29 is 13.3 Å². The van der Waals surface area contributed by atoms with E-state index in [4.69, 9.17) is 10.3 Å². The third-order valence-electron chi connectivity index (χ3n) is 3.11. The number of hydrogen-bond acceptors (Lipinski definition) is 4. The van der Waals surface area contributed by atoms with Crippen LogP contribution in [0.15, 0.2) is 22.7 Å².